The molecule has 140 valence electrons. The van der Waals surface area contributed by atoms with Gasteiger partial charge in [-0.05, 0) is 19.9 Å². The maximum absolute atomic E-state index is 11.8. The van der Waals surface area contributed by atoms with E-state index in [4.69, 9.17) is 4.52 Å². The monoisotopic (exact) mass is 373 g/mol. The molecule has 0 bridgehead atoms. The molecule has 2 heterocycles. The lowest BCUT2D eigenvalue weighted by molar-refractivity contribution is 0.0697. The first-order valence-corrected chi connectivity index (χ1v) is 8.91. The number of benzene rings is 2. The molecular formula is C22H19N3O3. The first-order valence-electron chi connectivity index (χ1n) is 8.91. The van der Waals surface area contributed by atoms with E-state index in [2.05, 4.69) is 10.1 Å². The summed E-state index contributed by atoms with van der Waals surface area (Å²) in [5, 5.41) is 13.7. The van der Waals surface area contributed by atoms with E-state index >= 15 is 0 Å². The minimum Gasteiger partial charge on any atom is -0.478 e. The molecule has 0 unspecified atom stereocenters. The maximum atomic E-state index is 11.8. The van der Waals surface area contributed by atoms with Crippen LogP contribution in [0, 0.1) is 13.8 Å². The standard InChI is InChI=1S/C22H19N3O3/c1-14-19(15(2)28-24-14)12-25-13-23-20(16-8-4-3-5-9-16)21(25)17-10-6-7-11-18(17)22(26)27/h3-11,13H,12H2,1-2H3,(H,26,27). The molecule has 0 saturated heterocycles. The van der Waals surface area contributed by atoms with Gasteiger partial charge >= 0.3 is 5.97 Å². The summed E-state index contributed by atoms with van der Waals surface area (Å²) >= 11 is 0. The van der Waals surface area contributed by atoms with Gasteiger partial charge in [0.15, 0.2) is 0 Å². The fourth-order valence-corrected chi connectivity index (χ4v) is 3.37. The number of hydrogen-bond acceptors (Lipinski definition) is 4. The van der Waals surface area contributed by atoms with Crippen LogP contribution in [-0.4, -0.2) is 25.8 Å². The summed E-state index contributed by atoms with van der Waals surface area (Å²) in [6.45, 7) is 4.26. The first kappa shape index (κ1) is 17.7. The van der Waals surface area contributed by atoms with Gasteiger partial charge in [-0.1, -0.05) is 53.7 Å². The number of carbonyl (C=O) groups is 1. The summed E-state index contributed by atoms with van der Waals surface area (Å²) in [5.41, 5.74) is 5.05. The van der Waals surface area contributed by atoms with Crippen LogP contribution < -0.4 is 0 Å². The zero-order valence-electron chi connectivity index (χ0n) is 15.6. The van der Waals surface area contributed by atoms with Gasteiger partial charge < -0.3 is 14.2 Å². The van der Waals surface area contributed by atoms with Gasteiger partial charge in [0.2, 0.25) is 0 Å². The molecule has 0 saturated carbocycles. The topological polar surface area (TPSA) is 81.2 Å². The van der Waals surface area contributed by atoms with Crippen LogP contribution in [0.3, 0.4) is 0 Å². The van der Waals surface area contributed by atoms with Crippen LogP contribution >= 0.6 is 0 Å². The van der Waals surface area contributed by atoms with E-state index < -0.39 is 5.97 Å². The van der Waals surface area contributed by atoms with Crippen LogP contribution in [0.25, 0.3) is 22.5 Å². The lowest BCUT2D eigenvalue weighted by Crippen LogP contribution is -2.06. The average molecular weight is 373 g/mol. The number of aromatic carboxylic acids is 1. The van der Waals surface area contributed by atoms with Gasteiger partial charge in [-0.15, -0.1) is 0 Å². The van der Waals surface area contributed by atoms with Crippen molar-refractivity contribution in [3.05, 3.63) is 83.5 Å². The Morgan fingerprint density at radius 3 is 2.46 bits per heavy atom. The van der Waals surface area contributed by atoms with Crippen molar-refractivity contribution in [2.24, 2.45) is 0 Å². The van der Waals surface area contributed by atoms with Crippen LogP contribution in [0.5, 0.6) is 0 Å². The number of carboxylic acid groups (broad SMARTS) is 1. The molecule has 1 N–H and O–H groups in total. The predicted molar refractivity (Wildman–Crippen MR) is 105 cm³/mol. The molecule has 0 aliphatic carbocycles. The number of aromatic nitrogens is 3. The minimum atomic E-state index is -0.972. The molecule has 0 radical (unpaired) electrons. The summed E-state index contributed by atoms with van der Waals surface area (Å²) in [4.78, 5) is 16.5. The fraction of sp³-hybridized carbons (Fsp3) is 0.136. The van der Waals surface area contributed by atoms with Gasteiger partial charge in [0.25, 0.3) is 0 Å². The maximum Gasteiger partial charge on any atom is 0.336 e. The van der Waals surface area contributed by atoms with Crippen molar-refractivity contribution in [3.63, 3.8) is 0 Å². The van der Waals surface area contributed by atoms with E-state index in [1.165, 1.54) is 0 Å². The van der Waals surface area contributed by atoms with Crippen molar-refractivity contribution in [2.75, 3.05) is 0 Å². The molecule has 28 heavy (non-hydrogen) atoms. The van der Waals surface area contributed by atoms with Gasteiger partial charge in [-0.2, -0.15) is 0 Å². The zero-order valence-corrected chi connectivity index (χ0v) is 15.6. The Morgan fingerprint density at radius 1 is 1.07 bits per heavy atom. The molecule has 6 nitrogen and oxygen atoms in total. The van der Waals surface area contributed by atoms with Crippen LogP contribution in [0.4, 0.5) is 0 Å². The van der Waals surface area contributed by atoms with Gasteiger partial charge in [-0.25, -0.2) is 9.78 Å². The van der Waals surface area contributed by atoms with Crippen molar-refractivity contribution in [2.45, 2.75) is 20.4 Å². The largest absolute Gasteiger partial charge is 0.478 e. The second kappa shape index (κ2) is 7.15. The predicted octanol–water partition coefficient (Wildman–Crippen LogP) is 4.57. The Hall–Kier alpha value is -3.67. The summed E-state index contributed by atoms with van der Waals surface area (Å²) in [5.74, 6) is -0.232. The van der Waals surface area contributed by atoms with E-state index in [0.29, 0.717) is 12.1 Å². The van der Waals surface area contributed by atoms with E-state index in [1.54, 1.807) is 18.5 Å². The van der Waals surface area contributed by atoms with Crippen LogP contribution in [-0.2, 0) is 6.54 Å². The Morgan fingerprint density at radius 2 is 1.79 bits per heavy atom. The Kier molecular flexibility index (Phi) is 4.53. The van der Waals surface area contributed by atoms with Crippen LogP contribution in [0.15, 0.2) is 65.4 Å². The molecular weight excluding hydrogens is 354 g/mol. The average Bonchev–Trinajstić information content (AvgIpc) is 3.27. The van der Waals surface area contributed by atoms with Gasteiger partial charge in [0, 0.05) is 16.7 Å². The van der Waals surface area contributed by atoms with Crippen molar-refractivity contribution >= 4 is 5.97 Å². The number of aryl methyl sites for hydroxylation is 2. The Balaban J connectivity index is 1.94. The molecule has 4 rings (SSSR count). The molecule has 0 spiro atoms. The Labute approximate surface area is 162 Å². The van der Waals surface area contributed by atoms with E-state index in [0.717, 1.165) is 34.0 Å². The van der Waals surface area contributed by atoms with Crippen molar-refractivity contribution in [1.29, 1.82) is 0 Å². The number of nitrogens with zero attached hydrogens (tertiary/aromatic N) is 3. The second-order valence-corrected chi connectivity index (χ2v) is 6.59. The van der Waals surface area contributed by atoms with Crippen molar-refractivity contribution in [3.8, 4) is 22.5 Å². The van der Waals surface area contributed by atoms with Gasteiger partial charge in [0.1, 0.15) is 5.76 Å². The smallest absolute Gasteiger partial charge is 0.336 e. The highest BCUT2D eigenvalue weighted by atomic mass is 16.5. The third kappa shape index (κ3) is 3.09. The number of imidazole rings is 1. The highest BCUT2D eigenvalue weighted by Crippen LogP contribution is 2.34. The first-order chi connectivity index (χ1) is 13.6. The van der Waals surface area contributed by atoms with Gasteiger partial charge in [0.05, 0.1) is 35.5 Å². The number of hydrogen-bond donors (Lipinski definition) is 1. The highest BCUT2D eigenvalue weighted by Gasteiger charge is 2.21. The van der Waals surface area contributed by atoms with Crippen molar-refractivity contribution in [1.82, 2.24) is 14.7 Å². The molecule has 0 amide bonds. The second-order valence-electron chi connectivity index (χ2n) is 6.59. The van der Waals surface area contributed by atoms with Crippen LogP contribution in [0.1, 0.15) is 27.4 Å². The van der Waals surface area contributed by atoms with Gasteiger partial charge in [-0.3, -0.25) is 0 Å². The van der Waals surface area contributed by atoms with Crippen molar-refractivity contribution < 1.29 is 14.4 Å². The quantitative estimate of drug-likeness (QED) is 0.554. The molecule has 0 aliphatic rings. The minimum absolute atomic E-state index is 0.236. The number of rotatable bonds is 5. The molecule has 2 aromatic heterocycles. The Bertz CT molecular complexity index is 1120. The fourth-order valence-electron chi connectivity index (χ4n) is 3.37. The molecule has 0 fully saturated rings. The highest BCUT2D eigenvalue weighted by molar-refractivity contribution is 5.97. The lowest BCUT2D eigenvalue weighted by atomic mass is 9.99. The van der Waals surface area contributed by atoms with E-state index in [-0.39, 0.29) is 5.56 Å². The van der Waals surface area contributed by atoms with Crippen LogP contribution in [0.2, 0.25) is 0 Å². The number of carboxylic acids is 1. The molecule has 4 aromatic rings. The SMILES string of the molecule is Cc1noc(C)c1Cn1cnc(-c2ccccc2)c1-c1ccccc1C(=O)O. The summed E-state index contributed by atoms with van der Waals surface area (Å²) < 4.78 is 7.24. The summed E-state index contributed by atoms with van der Waals surface area (Å²) in [7, 11) is 0. The molecule has 0 atom stereocenters. The summed E-state index contributed by atoms with van der Waals surface area (Å²) in [6.07, 6.45) is 1.74. The summed E-state index contributed by atoms with van der Waals surface area (Å²) in [6, 6.07) is 16.7. The lowest BCUT2D eigenvalue weighted by Gasteiger charge is -2.13. The molecule has 6 heteroatoms. The molecule has 2 aromatic carbocycles. The third-order valence-electron chi connectivity index (χ3n) is 4.81. The van der Waals surface area contributed by atoms with E-state index in [1.807, 2.05) is 60.9 Å². The third-order valence-corrected chi connectivity index (χ3v) is 4.81. The molecule has 0 aliphatic heterocycles. The van der Waals surface area contributed by atoms with E-state index in [9.17, 15) is 9.90 Å². The normalized spacial score (nSPS) is 10.9. The zero-order chi connectivity index (χ0) is 19.7.